The Morgan fingerprint density at radius 2 is 1.05 bits per heavy atom. The molecule has 2 atom stereocenters. The molecule has 0 spiro atoms. The van der Waals surface area contributed by atoms with Crippen LogP contribution < -0.4 is 5.73 Å². The highest BCUT2D eigenvalue weighted by Gasteiger charge is 2.25. The fourth-order valence-electron chi connectivity index (χ4n) is 5.19. The van der Waals surface area contributed by atoms with Gasteiger partial charge in [-0.1, -0.05) is 150 Å². The van der Waals surface area contributed by atoms with Crippen molar-refractivity contribution in [2.45, 2.75) is 175 Å². The van der Waals surface area contributed by atoms with Crippen LogP contribution in [0.4, 0.5) is 0 Å². The van der Waals surface area contributed by atoms with E-state index in [4.69, 9.17) is 24.3 Å². The molecular weight excluding hydrogens is 577 g/mol. The van der Waals surface area contributed by atoms with Gasteiger partial charge in [0, 0.05) is 19.6 Å². The number of ether oxygens (including phenoxy) is 2. The molecule has 9 heteroatoms. The van der Waals surface area contributed by atoms with Crippen molar-refractivity contribution >= 4 is 13.8 Å². The number of hydrogen-bond acceptors (Lipinski definition) is 7. The van der Waals surface area contributed by atoms with Gasteiger partial charge in [0.2, 0.25) is 0 Å². The maximum absolute atomic E-state index is 12.5. The predicted molar refractivity (Wildman–Crippen MR) is 183 cm³/mol. The minimum Gasteiger partial charge on any atom is -0.457 e. The number of unbranched alkanes of at least 4 members (excludes halogenated alkanes) is 17. The van der Waals surface area contributed by atoms with Crippen LogP contribution >= 0.6 is 7.82 Å². The molecule has 264 valence electrons. The lowest BCUT2D eigenvalue weighted by molar-refractivity contribution is -0.154. The quantitative estimate of drug-likeness (QED) is 0.0402. The van der Waals surface area contributed by atoms with Gasteiger partial charge in [0.25, 0.3) is 0 Å². The van der Waals surface area contributed by atoms with Crippen molar-refractivity contribution in [3.8, 4) is 0 Å². The van der Waals surface area contributed by atoms with Gasteiger partial charge < -0.3 is 20.1 Å². The molecule has 0 bridgehead atoms. The van der Waals surface area contributed by atoms with Gasteiger partial charge in [-0.25, -0.2) is 4.57 Å². The average molecular weight is 650 g/mol. The third-order valence-electron chi connectivity index (χ3n) is 7.88. The van der Waals surface area contributed by atoms with Crippen LogP contribution in [0.2, 0.25) is 0 Å². The monoisotopic (exact) mass is 650 g/mol. The molecule has 0 aliphatic carbocycles. The van der Waals surface area contributed by atoms with E-state index in [9.17, 15) is 14.3 Å². The first kappa shape index (κ1) is 43.5. The molecule has 0 amide bonds. The summed E-state index contributed by atoms with van der Waals surface area (Å²) in [6.45, 7) is 9.58. The van der Waals surface area contributed by atoms with Gasteiger partial charge in [0.05, 0.1) is 19.8 Å². The molecule has 44 heavy (non-hydrogen) atoms. The Hall–Kier alpha value is -0.500. The lowest BCUT2D eigenvalue weighted by Crippen LogP contribution is -2.28. The second-order valence-corrected chi connectivity index (χ2v) is 14.9. The summed E-state index contributed by atoms with van der Waals surface area (Å²) in [6, 6.07) is 0. The molecule has 0 saturated heterocycles. The van der Waals surface area contributed by atoms with Gasteiger partial charge >= 0.3 is 13.8 Å². The Bertz CT molecular complexity index is 677. The summed E-state index contributed by atoms with van der Waals surface area (Å²) >= 11 is 0. The summed E-state index contributed by atoms with van der Waals surface area (Å²) in [4.78, 5) is 22.3. The van der Waals surface area contributed by atoms with Crippen LogP contribution in [0.3, 0.4) is 0 Å². The Labute approximate surface area is 271 Å². The van der Waals surface area contributed by atoms with E-state index < -0.39 is 13.9 Å². The Morgan fingerprint density at radius 1 is 0.614 bits per heavy atom. The van der Waals surface area contributed by atoms with Gasteiger partial charge in [0.1, 0.15) is 6.10 Å². The number of carbonyl (C=O) groups is 1. The molecule has 0 radical (unpaired) electrons. The van der Waals surface area contributed by atoms with Crippen LogP contribution in [0, 0.1) is 11.8 Å². The van der Waals surface area contributed by atoms with Crippen molar-refractivity contribution in [1.29, 1.82) is 0 Å². The number of rotatable bonds is 34. The van der Waals surface area contributed by atoms with Crippen LogP contribution in [-0.2, 0) is 27.9 Å². The van der Waals surface area contributed by atoms with Crippen LogP contribution in [0.1, 0.15) is 169 Å². The van der Waals surface area contributed by atoms with E-state index >= 15 is 0 Å². The van der Waals surface area contributed by atoms with Crippen molar-refractivity contribution < 1.29 is 32.8 Å². The number of esters is 1. The number of hydrogen-bond donors (Lipinski definition) is 2. The van der Waals surface area contributed by atoms with E-state index in [1.807, 2.05) is 0 Å². The molecule has 0 aromatic heterocycles. The fraction of sp³-hybridized carbons (Fsp3) is 0.971. The van der Waals surface area contributed by atoms with Crippen molar-refractivity contribution in [1.82, 2.24) is 0 Å². The molecule has 0 heterocycles. The van der Waals surface area contributed by atoms with E-state index in [0.29, 0.717) is 13.0 Å². The maximum atomic E-state index is 12.5. The van der Waals surface area contributed by atoms with Gasteiger partial charge in [-0.15, -0.1) is 0 Å². The second-order valence-electron chi connectivity index (χ2n) is 13.4. The molecule has 0 aromatic rings. The summed E-state index contributed by atoms with van der Waals surface area (Å²) in [5.74, 6) is 1.29. The summed E-state index contributed by atoms with van der Waals surface area (Å²) in [5, 5.41) is 0. The second kappa shape index (κ2) is 31.1. The molecular formula is C35H72NO7P. The summed E-state index contributed by atoms with van der Waals surface area (Å²) in [5.41, 5.74) is 5.34. The maximum Gasteiger partial charge on any atom is 0.472 e. The smallest absolute Gasteiger partial charge is 0.457 e. The van der Waals surface area contributed by atoms with Crippen molar-refractivity contribution in [2.75, 3.05) is 33.0 Å². The van der Waals surface area contributed by atoms with Gasteiger partial charge in [0.15, 0.2) is 0 Å². The topological polar surface area (TPSA) is 117 Å². The highest BCUT2D eigenvalue weighted by molar-refractivity contribution is 7.47. The summed E-state index contributed by atoms with van der Waals surface area (Å²) in [7, 11) is -4.26. The highest BCUT2D eigenvalue weighted by Crippen LogP contribution is 2.43. The van der Waals surface area contributed by atoms with Gasteiger partial charge in [-0.3, -0.25) is 13.8 Å². The molecule has 3 N–H and O–H groups in total. The number of phosphoric acid groups is 1. The van der Waals surface area contributed by atoms with E-state index in [1.165, 1.54) is 103 Å². The fourth-order valence-corrected chi connectivity index (χ4v) is 5.95. The lowest BCUT2D eigenvalue weighted by atomic mass is 10.0. The standard InChI is InChI=1S/C35H72NO7P/c1-32(2)24-20-16-12-8-5-6-11-15-19-23-28-40-30-34(31-42-44(38,39)41-29-27-36)43-35(37)26-22-18-14-10-7-9-13-17-21-25-33(3)4/h32-34H,5-31,36H2,1-4H3,(H,38,39)/t34-/m0/s1. The minimum absolute atomic E-state index is 0.0921. The van der Waals surface area contributed by atoms with E-state index in [-0.39, 0.29) is 32.3 Å². The first-order valence-corrected chi connectivity index (χ1v) is 19.7. The molecule has 0 rings (SSSR count). The van der Waals surface area contributed by atoms with Crippen molar-refractivity contribution in [3.05, 3.63) is 0 Å². The molecule has 8 nitrogen and oxygen atoms in total. The molecule has 0 aromatic carbocycles. The van der Waals surface area contributed by atoms with Gasteiger partial charge in [-0.2, -0.15) is 0 Å². The normalized spacial score (nSPS) is 13.9. The van der Waals surface area contributed by atoms with Crippen LogP contribution in [-0.4, -0.2) is 49.9 Å². The van der Waals surface area contributed by atoms with E-state index in [0.717, 1.165) is 43.9 Å². The first-order chi connectivity index (χ1) is 21.2. The zero-order valence-corrected chi connectivity index (χ0v) is 30.1. The van der Waals surface area contributed by atoms with Crippen molar-refractivity contribution in [2.24, 2.45) is 17.6 Å². The zero-order valence-electron chi connectivity index (χ0n) is 29.2. The van der Waals surface area contributed by atoms with E-state index in [2.05, 4.69) is 27.7 Å². The SMILES string of the molecule is CC(C)CCCCCCCCCCCCOC[C@@H](COP(=O)(O)OCCN)OC(=O)CCCCCCCCCCCC(C)C. The third kappa shape index (κ3) is 32.9. The predicted octanol–water partition coefficient (Wildman–Crippen LogP) is 9.90. The van der Waals surface area contributed by atoms with E-state index in [1.54, 1.807) is 0 Å². The first-order valence-electron chi connectivity index (χ1n) is 18.3. The van der Waals surface area contributed by atoms with Crippen LogP contribution in [0.5, 0.6) is 0 Å². The lowest BCUT2D eigenvalue weighted by Gasteiger charge is -2.20. The summed E-state index contributed by atoms with van der Waals surface area (Å²) < 4.78 is 33.2. The van der Waals surface area contributed by atoms with Crippen LogP contribution in [0.25, 0.3) is 0 Å². The Kier molecular flexibility index (Phi) is 30.8. The number of phosphoric ester groups is 1. The molecule has 0 fully saturated rings. The number of nitrogens with two attached hydrogens (primary N) is 1. The third-order valence-corrected chi connectivity index (χ3v) is 8.86. The molecule has 1 unspecified atom stereocenters. The zero-order chi connectivity index (χ0) is 32.7. The van der Waals surface area contributed by atoms with Crippen molar-refractivity contribution in [3.63, 3.8) is 0 Å². The number of carbonyl (C=O) groups excluding carboxylic acids is 1. The Morgan fingerprint density at radius 3 is 1.50 bits per heavy atom. The largest absolute Gasteiger partial charge is 0.472 e. The average Bonchev–Trinajstić information content (AvgIpc) is 2.97. The molecule has 0 saturated carbocycles. The van der Waals surface area contributed by atoms with Gasteiger partial charge in [-0.05, 0) is 24.7 Å². The highest BCUT2D eigenvalue weighted by atomic mass is 31.2. The Balaban J connectivity index is 4.09. The minimum atomic E-state index is -4.26. The van der Waals surface area contributed by atoms with Crippen LogP contribution in [0.15, 0.2) is 0 Å². The molecule has 0 aliphatic rings. The summed E-state index contributed by atoms with van der Waals surface area (Å²) in [6.07, 6.45) is 25.5. The molecule has 0 aliphatic heterocycles.